The smallest absolute Gasteiger partial charge is 0.422 e. The van der Waals surface area contributed by atoms with Gasteiger partial charge in [0.05, 0.1) is 17.4 Å². The van der Waals surface area contributed by atoms with E-state index in [1.807, 2.05) is 0 Å². The van der Waals surface area contributed by atoms with Crippen LogP contribution in [0.1, 0.15) is 53.7 Å². The second-order valence-corrected chi connectivity index (χ2v) is 9.17. The Labute approximate surface area is 211 Å². The SMILES string of the molecule is Cc1cc(Cn2cc3c(C(=O)NCCNC(=O)C4CCCCC4)nccc3n2)cnc1OCC(F)(F)F. The summed E-state index contributed by atoms with van der Waals surface area (Å²) in [4.78, 5) is 33.2. The van der Waals surface area contributed by atoms with Gasteiger partial charge in [0.2, 0.25) is 11.8 Å². The van der Waals surface area contributed by atoms with Crippen LogP contribution in [0.2, 0.25) is 0 Å². The number of ether oxygens (including phenoxy) is 1. The molecule has 9 nitrogen and oxygen atoms in total. The summed E-state index contributed by atoms with van der Waals surface area (Å²) in [5, 5.41) is 10.7. The van der Waals surface area contributed by atoms with Crippen LogP contribution in [-0.2, 0) is 11.3 Å². The summed E-state index contributed by atoms with van der Waals surface area (Å²) in [6, 6.07) is 3.36. The minimum atomic E-state index is -4.44. The van der Waals surface area contributed by atoms with Crippen molar-refractivity contribution in [3.63, 3.8) is 0 Å². The molecule has 0 bridgehead atoms. The zero-order chi connectivity index (χ0) is 26.4. The molecule has 1 saturated carbocycles. The Morgan fingerprint density at radius 2 is 1.89 bits per heavy atom. The monoisotopic (exact) mass is 518 g/mol. The first kappa shape index (κ1) is 26.4. The van der Waals surface area contributed by atoms with Crippen molar-refractivity contribution in [2.24, 2.45) is 5.92 Å². The number of fused-ring (bicyclic) bond motifs is 1. The summed E-state index contributed by atoms with van der Waals surface area (Å²) in [6.07, 6.45) is 5.34. The van der Waals surface area contributed by atoms with Crippen LogP contribution in [0.4, 0.5) is 13.2 Å². The van der Waals surface area contributed by atoms with E-state index in [1.54, 1.807) is 29.9 Å². The zero-order valence-corrected chi connectivity index (χ0v) is 20.5. The number of alkyl halides is 3. The number of aromatic nitrogens is 4. The number of hydrogen-bond donors (Lipinski definition) is 2. The van der Waals surface area contributed by atoms with Gasteiger partial charge in [-0.1, -0.05) is 19.3 Å². The molecule has 0 aromatic carbocycles. The second kappa shape index (κ2) is 11.6. The van der Waals surface area contributed by atoms with Gasteiger partial charge in [-0.25, -0.2) is 4.98 Å². The molecule has 0 spiro atoms. The molecule has 4 rings (SSSR count). The number of halogens is 3. The third kappa shape index (κ3) is 7.17. The van der Waals surface area contributed by atoms with Crippen LogP contribution in [-0.4, -0.2) is 57.4 Å². The first-order valence-electron chi connectivity index (χ1n) is 12.2. The number of carbonyl (C=O) groups excluding carboxylic acids is 2. The van der Waals surface area contributed by atoms with Crippen molar-refractivity contribution >= 4 is 22.7 Å². The molecule has 1 aliphatic carbocycles. The largest absolute Gasteiger partial charge is 0.468 e. The second-order valence-electron chi connectivity index (χ2n) is 9.17. The third-order valence-corrected chi connectivity index (χ3v) is 6.19. The molecule has 3 heterocycles. The van der Waals surface area contributed by atoms with Gasteiger partial charge in [0.15, 0.2) is 6.61 Å². The number of aryl methyl sites for hydroxylation is 1. The van der Waals surface area contributed by atoms with E-state index in [0.29, 0.717) is 28.6 Å². The highest BCUT2D eigenvalue weighted by atomic mass is 19.4. The number of carbonyl (C=O) groups is 2. The zero-order valence-electron chi connectivity index (χ0n) is 20.5. The fraction of sp³-hybridized carbons (Fsp3) is 0.480. The maximum Gasteiger partial charge on any atom is 0.422 e. The molecular formula is C25H29F3N6O3. The average molecular weight is 519 g/mol. The Morgan fingerprint density at radius 3 is 2.62 bits per heavy atom. The van der Waals surface area contributed by atoms with E-state index < -0.39 is 12.8 Å². The standard InChI is InChI=1S/C25H29F3N6O3/c1-16-11-17(12-32-24(16)37-15-25(26,27)28)13-34-14-19-20(33-34)7-8-29-21(19)23(36)31-10-9-30-22(35)18-5-3-2-4-6-18/h7-8,11-12,14,18H,2-6,9-10,13,15H2,1H3,(H,30,35)(H,31,36). The van der Waals surface area contributed by atoms with E-state index >= 15 is 0 Å². The molecule has 0 aliphatic heterocycles. The molecule has 2 N–H and O–H groups in total. The fourth-order valence-corrected chi connectivity index (χ4v) is 4.41. The minimum absolute atomic E-state index is 0.0418. The molecule has 0 radical (unpaired) electrons. The van der Waals surface area contributed by atoms with Crippen LogP contribution in [0.3, 0.4) is 0 Å². The normalized spacial score (nSPS) is 14.5. The van der Waals surface area contributed by atoms with Crippen LogP contribution in [0, 0.1) is 12.8 Å². The van der Waals surface area contributed by atoms with Gasteiger partial charge >= 0.3 is 6.18 Å². The van der Waals surface area contributed by atoms with E-state index in [1.165, 1.54) is 18.8 Å². The Bertz CT molecular complexity index is 1250. The van der Waals surface area contributed by atoms with Crippen molar-refractivity contribution in [3.8, 4) is 5.88 Å². The molecule has 1 aliphatic rings. The van der Waals surface area contributed by atoms with Gasteiger partial charge in [0.25, 0.3) is 5.91 Å². The summed E-state index contributed by atoms with van der Waals surface area (Å²) in [5.41, 5.74) is 1.96. The van der Waals surface area contributed by atoms with Gasteiger partial charge in [0.1, 0.15) is 5.69 Å². The van der Waals surface area contributed by atoms with Crippen molar-refractivity contribution in [1.29, 1.82) is 0 Å². The fourth-order valence-electron chi connectivity index (χ4n) is 4.41. The summed E-state index contributed by atoms with van der Waals surface area (Å²) in [5.74, 6) is -0.348. The molecule has 37 heavy (non-hydrogen) atoms. The van der Waals surface area contributed by atoms with Crippen LogP contribution >= 0.6 is 0 Å². The van der Waals surface area contributed by atoms with Crippen LogP contribution in [0.5, 0.6) is 5.88 Å². The van der Waals surface area contributed by atoms with Gasteiger partial charge in [-0.2, -0.15) is 18.3 Å². The summed E-state index contributed by atoms with van der Waals surface area (Å²) < 4.78 is 43.6. The number of nitrogens with zero attached hydrogens (tertiary/aromatic N) is 4. The number of hydrogen-bond acceptors (Lipinski definition) is 6. The lowest BCUT2D eigenvalue weighted by Crippen LogP contribution is -2.38. The predicted molar refractivity (Wildman–Crippen MR) is 129 cm³/mol. The molecule has 3 aromatic heterocycles. The first-order chi connectivity index (χ1) is 17.7. The highest BCUT2D eigenvalue weighted by Crippen LogP contribution is 2.24. The predicted octanol–water partition coefficient (Wildman–Crippen LogP) is 3.55. The summed E-state index contributed by atoms with van der Waals surface area (Å²) >= 11 is 0. The average Bonchev–Trinajstić information content (AvgIpc) is 3.28. The Hall–Kier alpha value is -3.70. The minimum Gasteiger partial charge on any atom is -0.468 e. The summed E-state index contributed by atoms with van der Waals surface area (Å²) in [7, 11) is 0. The van der Waals surface area contributed by atoms with Crippen molar-refractivity contribution in [2.75, 3.05) is 19.7 Å². The van der Waals surface area contributed by atoms with Gasteiger partial charge in [-0.3, -0.25) is 19.3 Å². The van der Waals surface area contributed by atoms with Crippen molar-refractivity contribution in [3.05, 3.63) is 47.5 Å². The van der Waals surface area contributed by atoms with E-state index in [9.17, 15) is 22.8 Å². The highest BCUT2D eigenvalue weighted by molar-refractivity contribution is 6.04. The van der Waals surface area contributed by atoms with Gasteiger partial charge in [-0.05, 0) is 37.5 Å². The maximum absolute atomic E-state index is 12.8. The summed E-state index contributed by atoms with van der Waals surface area (Å²) in [6.45, 7) is 1.11. The van der Waals surface area contributed by atoms with Crippen LogP contribution in [0.25, 0.3) is 10.9 Å². The number of amides is 2. The lowest BCUT2D eigenvalue weighted by molar-refractivity contribution is -0.154. The quantitative estimate of drug-likeness (QED) is 0.419. The molecule has 0 saturated heterocycles. The molecule has 2 amide bonds. The van der Waals surface area contributed by atoms with E-state index in [2.05, 4.69) is 25.7 Å². The molecule has 3 aromatic rings. The number of rotatable bonds is 9. The molecule has 0 unspecified atom stereocenters. The molecule has 198 valence electrons. The Morgan fingerprint density at radius 1 is 1.14 bits per heavy atom. The van der Waals surface area contributed by atoms with Gasteiger partial charge < -0.3 is 15.4 Å². The van der Waals surface area contributed by atoms with Gasteiger partial charge in [0, 0.05) is 43.2 Å². The van der Waals surface area contributed by atoms with Gasteiger partial charge in [-0.15, -0.1) is 0 Å². The van der Waals surface area contributed by atoms with E-state index in [4.69, 9.17) is 4.74 Å². The topological polar surface area (TPSA) is 111 Å². The molecule has 12 heteroatoms. The molecular weight excluding hydrogens is 489 g/mol. The molecule has 1 fully saturated rings. The maximum atomic E-state index is 12.8. The lowest BCUT2D eigenvalue weighted by atomic mass is 9.89. The van der Waals surface area contributed by atoms with E-state index in [-0.39, 0.29) is 42.4 Å². The third-order valence-electron chi connectivity index (χ3n) is 6.19. The van der Waals surface area contributed by atoms with E-state index in [0.717, 1.165) is 25.7 Å². The Balaban J connectivity index is 1.35. The van der Waals surface area contributed by atoms with Crippen LogP contribution < -0.4 is 15.4 Å². The number of nitrogens with one attached hydrogen (secondary N) is 2. The molecule has 0 atom stereocenters. The highest BCUT2D eigenvalue weighted by Gasteiger charge is 2.29. The number of pyridine rings is 2. The lowest BCUT2D eigenvalue weighted by Gasteiger charge is -2.20. The Kier molecular flexibility index (Phi) is 8.24. The van der Waals surface area contributed by atoms with Crippen molar-refractivity contribution in [2.45, 2.75) is 51.7 Å². The van der Waals surface area contributed by atoms with Crippen molar-refractivity contribution < 1.29 is 27.5 Å². The van der Waals surface area contributed by atoms with Crippen molar-refractivity contribution in [1.82, 2.24) is 30.4 Å². The van der Waals surface area contributed by atoms with Crippen LogP contribution in [0.15, 0.2) is 30.7 Å². The first-order valence-corrected chi connectivity index (χ1v) is 12.2.